The highest BCUT2D eigenvalue weighted by atomic mass is 127. The topological polar surface area (TPSA) is 53.2 Å². The Balaban J connectivity index is 1.94. The molecule has 0 spiro atoms. The van der Waals surface area contributed by atoms with Crippen LogP contribution >= 0.6 is 22.6 Å². The van der Waals surface area contributed by atoms with E-state index in [0.717, 1.165) is 6.07 Å². The van der Waals surface area contributed by atoms with Crippen LogP contribution in [0.15, 0.2) is 30.3 Å². The smallest absolute Gasteiger partial charge is 0.256 e. The van der Waals surface area contributed by atoms with Crippen molar-refractivity contribution in [3.8, 4) is 0 Å². The maximum Gasteiger partial charge on any atom is 0.256 e. The Morgan fingerprint density at radius 2 is 1.83 bits per heavy atom. The van der Waals surface area contributed by atoms with E-state index in [4.69, 9.17) is 0 Å². The number of carbonyl (C=O) groups excluding carboxylic acids is 1. The molecule has 4 nitrogen and oxygen atoms in total. The highest BCUT2D eigenvalue weighted by Crippen LogP contribution is 2.27. The lowest BCUT2D eigenvalue weighted by Gasteiger charge is -2.28. The molecule has 1 aliphatic heterocycles. The number of anilines is 2. The van der Waals surface area contributed by atoms with E-state index in [1.807, 2.05) is 22.6 Å². The SMILES string of the molecule is O=C(NC1CNC1)c1c(F)cc(F)cc1Nc1ccc(I)cc1F. The van der Waals surface area contributed by atoms with Crippen molar-refractivity contribution in [3.05, 3.63) is 56.9 Å². The Kier molecular flexibility index (Phi) is 4.95. The number of rotatable bonds is 4. The zero-order valence-electron chi connectivity index (χ0n) is 12.3. The molecule has 1 fully saturated rings. The van der Waals surface area contributed by atoms with Gasteiger partial charge < -0.3 is 16.0 Å². The van der Waals surface area contributed by atoms with Crippen molar-refractivity contribution < 1.29 is 18.0 Å². The third-order valence-corrected chi connectivity index (χ3v) is 4.27. The molecule has 3 rings (SSSR count). The molecule has 0 radical (unpaired) electrons. The number of nitrogens with one attached hydrogen (secondary N) is 3. The van der Waals surface area contributed by atoms with Crippen LogP contribution in [-0.2, 0) is 0 Å². The first-order valence-electron chi connectivity index (χ1n) is 7.17. The first-order chi connectivity index (χ1) is 11.4. The van der Waals surface area contributed by atoms with Gasteiger partial charge in [-0.15, -0.1) is 0 Å². The van der Waals surface area contributed by atoms with Crippen molar-refractivity contribution in [2.24, 2.45) is 0 Å². The van der Waals surface area contributed by atoms with E-state index in [-0.39, 0.29) is 23.0 Å². The van der Waals surface area contributed by atoms with Gasteiger partial charge in [0, 0.05) is 22.7 Å². The summed E-state index contributed by atoms with van der Waals surface area (Å²) in [5.74, 6) is -3.12. The van der Waals surface area contributed by atoms with Crippen LogP contribution in [0.25, 0.3) is 0 Å². The summed E-state index contributed by atoms with van der Waals surface area (Å²) < 4.78 is 42.4. The maximum atomic E-state index is 14.1. The fraction of sp³-hybridized carbons (Fsp3) is 0.188. The van der Waals surface area contributed by atoms with Gasteiger partial charge in [0.25, 0.3) is 5.91 Å². The molecule has 1 heterocycles. The summed E-state index contributed by atoms with van der Waals surface area (Å²) >= 11 is 1.95. The highest BCUT2D eigenvalue weighted by molar-refractivity contribution is 14.1. The quantitative estimate of drug-likeness (QED) is 0.632. The number of carbonyl (C=O) groups is 1. The van der Waals surface area contributed by atoms with E-state index in [2.05, 4.69) is 16.0 Å². The van der Waals surface area contributed by atoms with Crippen molar-refractivity contribution in [2.75, 3.05) is 18.4 Å². The number of hydrogen-bond acceptors (Lipinski definition) is 3. The Bertz CT molecular complexity index is 796. The van der Waals surface area contributed by atoms with E-state index in [9.17, 15) is 18.0 Å². The molecule has 126 valence electrons. The third kappa shape index (κ3) is 3.64. The molecule has 8 heteroatoms. The summed E-state index contributed by atoms with van der Waals surface area (Å²) in [5.41, 5.74) is -0.446. The lowest BCUT2D eigenvalue weighted by Crippen LogP contribution is -2.57. The van der Waals surface area contributed by atoms with Crippen molar-refractivity contribution >= 4 is 39.9 Å². The molecule has 2 aromatic rings. The van der Waals surface area contributed by atoms with Gasteiger partial charge in [0.2, 0.25) is 0 Å². The molecule has 0 saturated carbocycles. The Hall–Kier alpha value is -1.81. The average molecular weight is 447 g/mol. The van der Waals surface area contributed by atoms with Gasteiger partial charge in [0.05, 0.1) is 23.0 Å². The maximum absolute atomic E-state index is 14.1. The molecule has 0 unspecified atom stereocenters. The predicted molar refractivity (Wildman–Crippen MR) is 92.9 cm³/mol. The first kappa shape index (κ1) is 17.0. The van der Waals surface area contributed by atoms with Crippen LogP contribution in [0.2, 0.25) is 0 Å². The lowest BCUT2D eigenvalue weighted by atomic mass is 10.1. The largest absolute Gasteiger partial charge is 0.352 e. The molecule has 1 aliphatic rings. The minimum Gasteiger partial charge on any atom is -0.352 e. The van der Waals surface area contributed by atoms with Crippen LogP contribution in [0.1, 0.15) is 10.4 Å². The van der Waals surface area contributed by atoms with Crippen LogP contribution in [-0.4, -0.2) is 25.0 Å². The second kappa shape index (κ2) is 6.98. The number of amides is 1. The highest BCUT2D eigenvalue weighted by Gasteiger charge is 2.24. The summed E-state index contributed by atoms with van der Waals surface area (Å²) in [4.78, 5) is 12.3. The van der Waals surface area contributed by atoms with Crippen LogP contribution in [0, 0.1) is 21.0 Å². The summed E-state index contributed by atoms with van der Waals surface area (Å²) in [5, 5.41) is 8.22. The van der Waals surface area contributed by atoms with Gasteiger partial charge in [0.1, 0.15) is 17.5 Å². The van der Waals surface area contributed by atoms with Gasteiger partial charge in [-0.3, -0.25) is 4.79 Å². The van der Waals surface area contributed by atoms with Crippen LogP contribution in [0.4, 0.5) is 24.5 Å². The Morgan fingerprint density at radius 1 is 1.08 bits per heavy atom. The lowest BCUT2D eigenvalue weighted by molar-refractivity contribution is 0.0920. The number of hydrogen-bond donors (Lipinski definition) is 3. The molecular weight excluding hydrogens is 434 g/mol. The van der Waals surface area contributed by atoms with Gasteiger partial charge in [-0.05, 0) is 46.9 Å². The summed E-state index contributed by atoms with van der Waals surface area (Å²) in [6, 6.07) is 5.85. The van der Waals surface area contributed by atoms with Crippen LogP contribution in [0.5, 0.6) is 0 Å². The van der Waals surface area contributed by atoms with Crippen molar-refractivity contribution in [3.63, 3.8) is 0 Å². The summed E-state index contributed by atoms with van der Waals surface area (Å²) in [6.45, 7) is 1.17. The molecule has 1 saturated heterocycles. The van der Waals surface area contributed by atoms with Crippen molar-refractivity contribution in [1.29, 1.82) is 0 Å². The molecule has 3 N–H and O–H groups in total. The molecule has 0 aliphatic carbocycles. The normalized spacial score (nSPS) is 14.2. The minimum absolute atomic E-state index is 0.0276. The van der Waals surface area contributed by atoms with E-state index in [1.54, 1.807) is 6.07 Å². The zero-order valence-corrected chi connectivity index (χ0v) is 14.5. The molecule has 24 heavy (non-hydrogen) atoms. The first-order valence-corrected chi connectivity index (χ1v) is 8.24. The van der Waals surface area contributed by atoms with Gasteiger partial charge >= 0.3 is 0 Å². The standard InChI is InChI=1S/C16H13F3IN3O/c17-8-3-12(19)15(16(24)22-10-6-21-7-10)14(4-8)23-13-2-1-9(20)5-11(13)18/h1-5,10,21,23H,6-7H2,(H,22,24). The molecule has 0 aromatic heterocycles. The molecular formula is C16H13F3IN3O. The second-order valence-corrected chi connectivity index (χ2v) is 6.63. The number of halogens is 4. The van der Waals surface area contributed by atoms with Crippen molar-refractivity contribution in [1.82, 2.24) is 10.6 Å². The van der Waals surface area contributed by atoms with Gasteiger partial charge in [0.15, 0.2) is 0 Å². The summed E-state index contributed by atoms with van der Waals surface area (Å²) in [6.07, 6.45) is 0. The fourth-order valence-corrected chi connectivity index (χ4v) is 2.74. The zero-order chi connectivity index (χ0) is 17.3. The molecule has 2 aromatic carbocycles. The van der Waals surface area contributed by atoms with E-state index >= 15 is 0 Å². The van der Waals surface area contributed by atoms with E-state index in [1.165, 1.54) is 12.1 Å². The third-order valence-electron chi connectivity index (χ3n) is 3.60. The summed E-state index contributed by atoms with van der Waals surface area (Å²) in [7, 11) is 0. The van der Waals surface area contributed by atoms with Gasteiger partial charge in [-0.25, -0.2) is 13.2 Å². The predicted octanol–water partition coefficient (Wildman–Crippen LogP) is 3.15. The van der Waals surface area contributed by atoms with Gasteiger partial charge in [-0.1, -0.05) is 0 Å². The Morgan fingerprint density at radius 3 is 2.46 bits per heavy atom. The minimum atomic E-state index is -1.01. The molecule has 0 atom stereocenters. The molecule has 0 bridgehead atoms. The van der Waals surface area contributed by atoms with E-state index in [0.29, 0.717) is 22.7 Å². The van der Waals surface area contributed by atoms with Crippen LogP contribution < -0.4 is 16.0 Å². The van der Waals surface area contributed by atoms with E-state index < -0.39 is 23.4 Å². The number of benzene rings is 2. The van der Waals surface area contributed by atoms with Crippen molar-refractivity contribution in [2.45, 2.75) is 6.04 Å². The Labute approximate surface area is 150 Å². The monoisotopic (exact) mass is 447 g/mol. The van der Waals surface area contributed by atoms with Crippen LogP contribution in [0.3, 0.4) is 0 Å². The second-order valence-electron chi connectivity index (χ2n) is 5.39. The molecule has 1 amide bonds. The average Bonchev–Trinajstić information content (AvgIpc) is 2.45. The van der Waals surface area contributed by atoms with Gasteiger partial charge in [-0.2, -0.15) is 0 Å². The fourth-order valence-electron chi connectivity index (χ4n) is 2.29.